The van der Waals surface area contributed by atoms with Crippen LogP contribution in [0, 0.1) is 11.3 Å². The van der Waals surface area contributed by atoms with Gasteiger partial charge in [0.1, 0.15) is 5.75 Å². The molecule has 0 saturated carbocycles. The van der Waals surface area contributed by atoms with Gasteiger partial charge in [-0.15, -0.1) is 0 Å². The molecule has 4 nitrogen and oxygen atoms in total. The standard InChI is InChI=1S/C21H21N3O/c1-4-24-21(25-19-10-8-17(9-11-19)15(2)3)13-20(23-24)18-7-5-6-16(12-18)14-22/h5-13,15H,4H2,1-3H3. The van der Waals surface area contributed by atoms with E-state index in [2.05, 4.69) is 37.1 Å². The summed E-state index contributed by atoms with van der Waals surface area (Å²) in [6, 6.07) is 19.7. The molecule has 4 heteroatoms. The SMILES string of the molecule is CCn1nc(-c2cccc(C#N)c2)cc1Oc1ccc(C(C)C)cc1. The van der Waals surface area contributed by atoms with Crippen LogP contribution in [0.2, 0.25) is 0 Å². The van der Waals surface area contributed by atoms with Gasteiger partial charge in [0, 0.05) is 18.2 Å². The van der Waals surface area contributed by atoms with Crippen LogP contribution in [-0.2, 0) is 6.54 Å². The number of aromatic nitrogens is 2. The van der Waals surface area contributed by atoms with Crippen LogP contribution in [0.4, 0.5) is 0 Å². The maximum atomic E-state index is 9.07. The lowest BCUT2D eigenvalue weighted by Crippen LogP contribution is -1.99. The van der Waals surface area contributed by atoms with Crippen LogP contribution in [0.15, 0.2) is 54.6 Å². The topological polar surface area (TPSA) is 50.8 Å². The summed E-state index contributed by atoms with van der Waals surface area (Å²) < 4.78 is 7.85. The van der Waals surface area contributed by atoms with Crippen molar-refractivity contribution in [1.82, 2.24) is 9.78 Å². The zero-order chi connectivity index (χ0) is 17.8. The molecule has 0 bridgehead atoms. The molecular weight excluding hydrogens is 310 g/mol. The molecule has 126 valence electrons. The predicted octanol–water partition coefficient (Wildman–Crippen LogP) is 5.36. The molecule has 0 aliphatic carbocycles. The molecule has 0 aliphatic rings. The van der Waals surface area contributed by atoms with E-state index in [4.69, 9.17) is 10.00 Å². The maximum absolute atomic E-state index is 9.07. The molecule has 3 aromatic rings. The van der Waals surface area contributed by atoms with Crippen LogP contribution >= 0.6 is 0 Å². The summed E-state index contributed by atoms with van der Waals surface area (Å²) in [6.07, 6.45) is 0. The average Bonchev–Trinajstić information content (AvgIpc) is 3.05. The van der Waals surface area contributed by atoms with Gasteiger partial charge in [-0.05, 0) is 42.7 Å². The first-order valence-electron chi connectivity index (χ1n) is 8.47. The summed E-state index contributed by atoms with van der Waals surface area (Å²) in [6.45, 7) is 7.07. The Morgan fingerprint density at radius 2 is 1.88 bits per heavy atom. The quantitative estimate of drug-likeness (QED) is 0.632. The van der Waals surface area contributed by atoms with Crippen LogP contribution in [0.3, 0.4) is 0 Å². The molecule has 0 amide bonds. The Labute approximate surface area is 148 Å². The lowest BCUT2D eigenvalue weighted by molar-refractivity contribution is 0.417. The van der Waals surface area contributed by atoms with Crippen molar-refractivity contribution in [3.05, 3.63) is 65.7 Å². The van der Waals surface area contributed by atoms with Crippen molar-refractivity contribution >= 4 is 0 Å². The molecule has 0 spiro atoms. The fourth-order valence-corrected chi connectivity index (χ4v) is 2.64. The van der Waals surface area contributed by atoms with Gasteiger partial charge in [-0.25, -0.2) is 4.68 Å². The van der Waals surface area contributed by atoms with Crippen molar-refractivity contribution in [2.45, 2.75) is 33.2 Å². The lowest BCUT2D eigenvalue weighted by atomic mass is 10.0. The summed E-state index contributed by atoms with van der Waals surface area (Å²) >= 11 is 0. The monoisotopic (exact) mass is 331 g/mol. The number of rotatable bonds is 5. The second-order valence-electron chi connectivity index (χ2n) is 6.20. The van der Waals surface area contributed by atoms with Crippen LogP contribution in [-0.4, -0.2) is 9.78 Å². The largest absolute Gasteiger partial charge is 0.439 e. The van der Waals surface area contributed by atoms with Gasteiger partial charge >= 0.3 is 0 Å². The predicted molar refractivity (Wildman–Crippen MR) is 98.7 cm³/mol. The van der Waals surface area contributed by atoms with Crippen molar-refractivity contribution in [3.8, 4) is 29.0 Å². The number of nitrogens with zero attached hydrogens (tertiary/aromatic N) is 3. The normalized spacial score (nSPS) is 10.7. The van der Waals surface area contributed by atoms with Gasteiger partial charge in [0.15, 0.2) is 0 Å². The molecule has 0 atom stereocenters. The van der Waals surface area contributed by atoms with E-state index in [1.54, 1.807) is 6.07 Å². The number of aryl methyl sites for hydroxylation is 1. The second-order valence-corrected chi connectivity index (χ2v) is 6.20. The summed E-state index contributed by atoms with van der Waals surface area (Å²) in [5, 5.41) is 13.7. The van der Waals surface area contributed by atoms with Crippen molar-refractivity contribution in [3.63, 3.8) is 0 Å². The van der Waals surface area contributed by atoms with E-state index in [-0.39, 0.29) is 0 Å². The minimum absolute atomic E-state index is 0.495. The minimum Gasteiger partial charge on any atom is -0.439 e. The van der Waals surface area contributed by atoms with Gasteiger partial charge in [-0.3, -0.25) is 0 Å². The highest BCUT2D eigenvalue weighted by Crippen LogP contribution is 2.28. The van der Waals surface area contributed by atoms with Crippen molar-refractivity contribution in [2.75, 3.05) is 0 Å². The molecule has 2 aromatic carbocycles. The highest BCUT2D eigenvalue weighted by molar-refractivity contribution is 5.62. The number of hydrogen-bond acceptors (Lipinski definition) is 3. The fraction of sp³-hybridized carbons (Fsp3) is 0.238. The Morgan fingerprint density at radius 1 is 1.12 bits per heavy atom. The molecular formula is C21H21N3O. The Bertz CT molecular complexity index is 902. The molecule has 25 heavy (non-hydrogen) atoms. The van der Waals surface area contributed by atoms with Crippen molar-refractivity contribution < 1.29 is 4.74 Å². The van der Waals surface area contributed by atoms with Gasteiger partial charge in [0.25, 0.3) is 0 Å². The summed E-state index contributed by atoms with van der Waals surface area (Å²) in [4.78, 5) is 0. The fourth-order valence-electron chi connectivity index (χ4n) is 2.64. The summed E-state index contributed by atoms with van der Waals surface area (Å²) in [5.41, 5.74) is 3.61. The smallest absolute Gasteiger partial charge is 0.218 e. The highest BCUT2D eigenvalue weighted by Gasteiger charge is 2.11. The molecule has 0 aliphatic heterocycles. The van der Waals surface area contributed by atoms with E-state index in [1.807, 2.05) is 48.0 Å². The second kappa shape index (κ2) is 7.23. The third-order valence-electron chi connectivity index (χ3n) is 4.10. The molecule has 1 aromatic heterocycles. The highest BCUT2D eigenvalue weighted by atomic mass is 16.5. The Morgan fingerprint density at radius 3 is 2.52 bits per heavy atom. The zero-order valence-electron chi connectivity index (χ0n) is 14.7. The molecule has 0 unspecified atom stereocenters. The van der Waals surface area contributed by atoms with Gasteiger partial charge in [-0.2, -0.15) is 10.4 Å². The molecule has 0 N–H and O–H groups in total. The first-order valence-corrected chi connectivity index (χ1v) is 8.47. The molecule has 0 fully saturated rings. The summed E-state index contributed by atoms with van der Waals surface area (Å²) in [7, 11) is 0. The van der Waals surface area contributed by atoms with Crippen molar-refractivity contribution in [1.29, 1.82) is 5.26 Å². The van der Waals surface area contributed by atoms with Crippen LogP contribution in [0.1, 0.15) is 37.8 Å². The Hall–Kier alpha value is -3.06. The first kappa shape index (κ1) is 16.8. The molecule has 3 rings (SSSR count). The molecule has 0 radical (unpaired) electrons. The Kier molecular flexibility index (Phi) is 4.85. The van der Waals surface area contributed by atoms with E-state index in [9.17, 15) is 0 Å². The third-order valence-corrected chi connectivity index (χ3v) is 4.10. The third kappa shape index (κ3) is 3.72. The van der Waals surface area contributed by atoms with Gasteiger partial charge < -0.3 is 4.74 Å². The molecule has 0 saturated heterocycles. The van der Waals surface area contributed by atoms with Crippen LogP contribution in [0.25, 0.3) is 11.3 Å². The molecule has 1 heterocycles. The zero-order valence-corrected chi connectivity index (χ0v) is 14.7. The lowest BCUT2D eigenvalue weighted by Gasteiger charge is -2.09. The van der Waals surface area contributed by atoms with E-state index in [0.717, 1.165) is 17.0 Å². The van der Waals surface area contributed by atoms with E-state index in [1.165, 1.54) is 5.56 Å². The number of ether oxygens (including phenoxy) is 1. The number of hydrogen-bond donors (Lipinski definition) is 0. The van der Waals surface area contributed by atoms with E-state index in [0.29, 0.717) is 23.9 Å². The van der Waals surface area contributed by atoms with Gasteiger partial charge in [0.2, 0.25) is 5.88 Å². The van der Waals surface area contributed by atoms with Gasteiger partial charge in [-0.1, -0.05) is 38.1 Å². The number of nitriles is 1. The van der Waals surface area contributed by atoms with Crippen LogP contribution < -0.4 is 4.74 Å². The first-order chi connectivity index (χ1) is 12.1. The summed E-state index contributed by atoms with van der Waals surface area (Å²) in [5.74, 6) is 1.97. The van der Waals surface area contributed by atoms with Crippen molar-refractivity contribution in [2.24, 2.45) is 0 Å². The maximum Gasteiger partial charge on any atom is 0.218 e. The van der Waals surface area contributed by atoms with Crippen LogP contribution in [0.5, 0.6) is 11.6 Å². The van der Waals surface area contributed by atoms with Gasteiger partial charge in [0.05, 0.1) is 17.3 Å². The Balaban J connectivity index is 1.89. The minimum atomic E-state index is 0.495. The average molecular weight is 331 g/mol. The number of benzene rings is 2. The van der Waals surface area contributed by atoms with E-state index >= 15 is 0 Å². The van der Waals surface area contributed by atoms with E-state index < -0.39 is 0 Å².